The lowest BCUT2D eigenvalue weighted by atomic mass is 9.87. The van der Waals surface area contributed by atoms with Gasteiger partial charge in [-0.25, -0.2) is 4.39 Å². The predicted octanol–water partition coefficient (Wildman–Crippen LogP) is 3.26. The molecule has 0 unspecified atom stereocenters. The summed E-state index contributed by atoms with van der Waals surface area (Å²) in [6, 6.07) is 5.10. The number of halogens is 1. The molecule has 1 rings (SSSR count). The third-order valence-electron chi connectivity index (χ3n) is 3.09. The van der Waals surface area contributed by atoms with Crippen LogP contribution in [0.2, 0.25) is 0 Å². The van der Waals surface area contributed by atoms with E-state index in [1.807, 2.05) is 13.8 Å². The first-order chi connectivity index (χ1) is 8.34. The van der Waals surface area contributed by atoms with Crippen LogP contribution in [0.5, 0.6) is 5.75 Å². The van der Waals surface area contributed by atoms with Crippen LogP contribution in [0.15, 0.2) is 18.2 Å². The van der Waals surface area contributed by atoms with Crippen molar-refractivity contribution in [2.24, 2.45) is 11.1 Å². The summed E-state index contributed by atoms with van der Waals surface area (Å²) in [4.78, 5) is 0. The first-order valence-corrected chi connectivity index (χ1v) is 6.07. The van der Waals surface area contributed by atoms with E-state index in [9.17, 15) is 4.39 Å². The van der Waals surface area contributed by atoms with Gasteiger partial charge in [-0.1, -0.05) is 26.0 Å². The Labute approximate surface area is 108 Å². The Morgan fingerprint density at radius 1 is 1.44 bits per heavy atom. The number of hydrogen-bond acceptors (Lipinski definition) is 2. The van der Waals surface area contributed by atoms with Crippen molar-refractivity contribution >= 4 is 5.84 Å². The molecule has 0 fully saturated rings. The van der Waals surface area contributed by atoms with Gasteiger partial charge in [0.15, 0.2) is 11.6 Å². The third-order valence-corrected chi connectivity index (χ3v) is 3.09. The molecule has 0 radical (unpaired) electrons. The van der Waals surface area contributed by atoms with Crippen molar-refractivity contribution in [3.05, 3.63) is 29.6 Å². The number of hydrogen-bond donors (Lipinski definition) is 2. The second-order valence-electron chi connectivity index (χ2n) is 5.14. The Bertz CT molecular complexity index is 430. The summed E-state index contributed by atoms with van der Waals surface area (Å²) in [7, 11) is 0. The van der Waals surface area contributed by atoms with Crippen molar-refractivity contribution in [2.75, 3.05) is 6.61 Å². The van der Waals surface area contributed by atoms with Crippen LogP contribution in [0, 0.1) is 23.6 Å². The molecule has 3 nitrogen and oxygen atoms in total. The average Bonchev–Trinajstić information content (AvgIpc) is 2.29. The molecule has 0 heterocycles. The molecular formula is C14H21FN2O. The van der Waals surface area contributed by atoms with E-state index in [0.29, 0.717) is 12.2 Å². The number of aryl methyl sites for hydroxylation is 1. The highest BCUT2D eigenvalue weighted by Gasteiger charge is 2.20. The van der Waals surface area contributed by atoms with Gasteiger partial charge >= 0.3 is 0 Å². The molecule has 0 aliphatic heterocycles. The summed E-state index contributed by atoms with van der Waals surface area (Å²) in [5, 5.41) is 7.44. The maximum atomic E-state index is 13.6. The smallest absolute Gasteiger partial charge is 0.167 e. The van der Waals surface area contributed by atoms with E-state index in [-0.39, 0.29) is 22.8 Å². The predicted molar refractivity (Wildman–Crippen MR) is 71.6 cm³/mol. The molecule has 0 amide bonds. The van der Waals surface area contributed by atoms with Gasteiger partial charge in [0.2, 0.25) is 0 Å². The number of nitrogens with two attached hydrogens (primary N) is 1. The quantitative estimate of drug-likeness (QED) is 0.464. The molecule has 0 spiro atoms. The summed E-state index contributed by atoms with van der Waals surface area (Å²) in [6.45, 7) is 5.98. The van der Waals surface area contributed by atoms with Gasteiger partial charge in [-0.2, -0.15) is 0 Å². The molecule has 18 heavy (non-hydrogen) atoms. The number of nitrogens with one attached hydrogen (secondary N) is 1. The van der Waals surface area contributed by atoms with E-state index >= 15 is 0 Å². The summed E-state index contributed by atoms with van der Waals surface area (Å²) in [5.41, 5.74) is 5.75. The Morgan fingerprint density at radius 2 is 2.11 bits per heavy atom. The van der Waals surface area contributed by atoms with Crippen LogP contribution in [0.4, 0.5) is 4.39 Å². The highest BCUT2D eigenvalue weighted by atomic mass is 19.1. The van der Waals surface area contributed by atoms with Gasteiger partial charge in [0.1, 0.15) is 0 Å². The maximum Gasteiger partial charge on any atom is 0.167 e. The van der Waals surface area contributed by atoms with Crippen molar-refractivity contribution < 1.29 is 9.13 Å². The molecule has 3 N–H and O–H groups in total. The Hall–Kier alpha value is -1.58. The van der Waals surface area contributed by atoms with Crippen molar-refractivity contribution in [1.29, 1.82) is 5.41 Å². The first-order valence-electron chi connectivity index (χ1n) is 6.07. The number of amidine groups is 1. The Balaban J connectivity index is 2.43. The molecular weight excluding hydrogens is 231 g/mol. The number of ether oxygens (including phenoxy) is 1. The molecule has 0 aliphatic rings. The largest absolute Gasteiger partial charge is 0.491 e. The van der Waals surface area contributed by atoms with Gasteiger partial charge in [0.05, 0.1) is 12.4 Å². The van der Waals surface area contributed by atoms with Gasteiger partial charge in [-0.15, -0.1) is 0 Å². The Kier molecular flexibility index (Phi) is 4.70. The fourth-order valence-electron chi connectivity index (χ4n) is 1.56. The summed E-state index contributed by atoms with van der Waals surface area (Å²) >= 11 is 0. The third kappa shape index (κ3) is 3.72. The molecule has 0 bridgehead atoms. The molecule has 0 aliphatic carbocycles. The summed E-state index contributed by atoms with van der Waals surface area (Å²) in [5.74, 6) is 0.156. The molecule has 100 valence electrons. The van der Waals surface area contributed by atoms with Crippen molar-refractivity contribution in [3.8, 4) is 5.75 Å². The van der Waals surface area contributed by atoms with E-state index in [1.54, 1.807) is 25.1 Å². The van der Waals surface area contributed by atoms with Crippen LogP contribution >= 0.6 is 0 Å². The zero-order valence-electron chi connectivity index (χ0n) is 11.2. The second-order valence-corrected chi connectivity index (χ2v) is 5.14. The lowest BCUT2D eigenvalue weighted by Gasteiger charge is -2.22. The topological polar surface area (TPSA) is 59.1 Å². The van der Waals surface area contributed by atoms with E-state index in [2.05, 4.69) is 0 Å². The second kappa shape index (κ2) is 5.85. The van der Waals surface area contributed by atoms with Crippen LogP contribution in [0.3, 0.4) is 0 Å². The number of benzene rings is 1. The monoisotopic (exact) mass is 252 g/mol. The van der Waals surface area contributed by atoms with Crippen LogP contribution in [0.1, 0.15) is 32.3 Å². The van der Waals surface area contributed by atoms with Gasteiger partial charge in [0.25, 0.3) is 0 Å². The van der Waals surface area contributed by atoms with Crippen molar-refractivity contribution in [1.82, 2.24) is 0 Å². The molecule has 0 saturated carbocycles. The van der Waals surface area contributed by atoms with Crippen LogP contribution in [-0.4, -0.2) is 12.4 Å². The fourth-order valence-corrected chi connectivity index (χ4v) is 1.56. The van der Waals surface area contributed by atoms with Gasteiger partial charge in [-0.3, -0.25) is 5.41 Å². The first kappa shape index (κ1) is 14.5. The zero-order chi connectivity index (χ0) is 13.8. The van der Waals surface area contributed by atoms with E-state index in [1.165, 1.54) is 0 Å². The highest BCUT2D eigenvalue weighted by molar-refractivity contribution is 5.82. The number of rotatable bonds is 6. The Morgan fingerprint density at radius 3 is 2.72 bits per heavy atom. The van der Waals surface area contributed by atoms with Crippen LogP contribution in [-0.2, 0) is 0 Å². The van der Waals surface area contributed by atoms with Crippen molar-refractivity contribution in [3.63, 3.8) is 0 Å². The molecule has 4 heteroatoms. The normalized spacial score (nSPS) is 11.3. The van der Waals surface area contributed by atoms with Gasteiger partial charge in [-0.05, 0) is 31.4 Å². The minimum absolute atomic E-state index is 0.171. The summed E-state index contributed by atoms with van der Waals surface area (Å²) < 4.78 is 19.0. The van der Waals surface area contributed by atoms with E-state index < -0.39 is 0 Å². The lowest BCUT2D eigenvalue weighted by Crippen LogP contribution is -2.31. The molecule has 0 aromatic heterocycles. The molecule has 1 aromatic carbocycles. The molecule has 0 atom stereocenters. The standard InChI is InChI=1S/C14H21FN2O/c1-10-6-4-7-11(12(10)15)18-9-5-8-14(2,3)13(16)17/h4,6-7H,5,8-9H2,1-3H3,(H3,16,17). The zero-order valence-corrected chi connectivity index (χ0v) is 11.2. The lowest BCUT2D eigenvalue weighted by molar-refractivity contribution is 0.274. The fraction of sp³-hybridized carbons (Fsp3) is 0.500. The minimum Gasteiger partial charge on any atom is -0.491 e. The molecule has 1 aromatic rings. The van der Waals surface area contributed by atoms with Crippen LogP contribution in [0.25, 0.3) is 0 Å². The SMILES string of the molecule is Cc1cccc(OCCCC(C)(C)C(=N)N)c1F. The van der Waals surface area contributed by atoms with Gasteiger partial charge in [0, 0.05) is 5.41 Å². The van der Waals surface area contributed by atoms with Crippen molar-refractivity contribution in [2.45, 2.75) is 33.6 Å². The minimum atomic E-state index is -0.325. The van der Waals surface area contributed by atoms with E-state index in [0.717, 1.165) is 12.8 Å². The maximum absolute atomic E-state index is 13.6. The highest BCUT2D eigenvalue weighted by Crippen LogP contribution is 2.23. The van der Waals surface area contributed by atoms with Crippen LogP contribution < -0.4 is 10.5 Å². The average molecular weight is 252 g/mol. The van der Waals surface area contributed by atoms with Gasteiger partial charge < -0.3 is 10.5 Å². The summed E-state index contributed by atoms with van der Waals surface area (Å²) in [6.07, 6.45) is 1.48. The van der Waals surface area contributed by atoms with E-state index in [4.69, 9.17) is 15.9 Å². The molecule has 0 saturated heterocycles.